The van der Waals surface area contributed by atoms with Gasteiger partial charge in [0.05, 0.1) is 18.4 Å². The Bertz CT molecular complexity index is 1050. The van der Waals surface area contributed by atoms with Gasteiger partial charge in [-0.05, 0) is 31.5 Å². The molecule has 1 N–H and O–H groups in total. The molecular formula is C22H27F3N4O3. The van der Waals surface area contributed by atoms with Crippen molar-refractivity contribution in [1.29, 1.82) is 0 Å². The number of ether oxygens (including phenoxy) is 1. The van der Waals surface area contributed by atoms with Crippen molar-refractivity contribution in [3.8, 4) is 11.4 Å². The number of hydrogen-bond acceptors (Lipinski definition) is 5. The third-order valence-corrected chi connectivity index (χ3v) is 5.46. The lowest BCUT2D eigenvalue weighted by Gasteiger charge is -2.28. The number of nitrogens with zero attached hydrogens (tertiary/aromatic N) is 3. The SMILES string of the molecule is COC(=O)C(NC(=O)c1nc(-c2cc(F)c(F)cc2F)n2c1CN(C)CCC2)C(C)(C)C. The Hall–Kier alpha value is -2.88. The molecule has 2 aromatic rings. The van der Waals surface area contributed by atoms with Gasteiger partial charge in [-0.25, -0.2) is 22.9 Å². The van der Waals surface area contributed by atoms with Crippen LogP contribution < -0.4 is 5.32 Å². The van der Waals surface area contributed by atoms with E-state index in [-0.39, 0.29) is 17.1 Å². The van der Waals surface area contributed by atoms with Gasteiger partial charge < -0.3 is 19.5 Å². The molecule has 0 fully saturated rings. The highest BCUT2D eigenvalue weighted by Crippen LogP contribution is 2.30. The number of esters is 1. The molecule has 1 aromatic heterocycles. The van der Waals surface area contributed by atoms with E-state index in [9.17, 15) is 22.8 Å². The second-order valence-corrected chi connectivity index (χ2v) is 9.02. The van der Waals surface area contributed by atoms with E-state index in [1.165, 1.54) is 7.11 Å². The summed E-state index contributed by atoms with van der Waals surface area (Å²) in [6, 6.07) is 0.245. The number of aromatic nitrogens is 2. The quantitative estimate of drug-likeness (QED) is 0.570. The first-order chi connectivity index (χ1) is 14.9. The van der Waals surface area contributed by atoms with Gasteiger partial charge in [-0.2, -0.15) is 0 Å². The minimum atomic E-state index is -1.31. The molecule has 0 radical (unpaired) electrons. The van der Waals surface area contributed by atoms with Gasteiger partial charge in [0.2, 0.25) is 0 Å². The Morgan fingerprint density at radius 2 is 1.78 bits per heavy atom. The second-order valence-electron chi connectivity index (χ2n) is 9.02. The van der Waals surface area contributed by atoms with Gasteiger partial charge in [-0.15, -0.1) is 0 Å². The van der Waals surface area contributed by atoms with E-state index in [1.54, 1.807) is 25.3 Å². The highest BCUT2D eigenvalue weighted by Gasteiger charge is 2.36. The van der Waals surface area contributed by atoms with Crippen molar-refractivity contribution in [3.63, 3.8) is 0 Å². The number of hydrogen-bond donors (Lipinski definition) is 1. The van der Waals surface area contributed by atoms with Crippen LogP contribution in [0.25, 0.3) is 11.4 Å². The monoisotopic (exact) mass is 452 g/mol. The van der Waals surface area contributed by atoms with E-state index >= 15 is 0 Å². The predicted molar refractivity (Wildman–Crippen MR) is 111 cm³/mol. The van der Waals surface area contributed by atoms with Crippen LogP contribution in [0.4, 0.5) is 13.2 Å². The highest BCUT2D eigenvalue weighted by molar-refractivity contribution is 5.97. The van der Waals surface area contributed by atoms with Gasteiger partial charge in [0.1, 0.15) is 17.7 Å². The largest absolute Gasteiger partial charge is 0.467 e. The topological polar surface area (TPSA) is 76.5 Å². The van der Waals surface area contributed by atoms with Crippen molar-refractivity contribution in [2.24, 2.45) is 5.41 Å². The van der Waals surface area contributed by atoms with Crippen LogP contribution in [0.15, 0.2) is 12.1 Å². The number of fused-ring (bicyclic) bond motifs is 1. The minimum absolute atomic E-state index is 0.00367. The van der Waals surface area contributed by atoms with Gasteiger partial charge >= 0.3 is 5.97 Å². The fourth-order valence-corrected chi connectivity index (χ4v) is 3.75. The lowest BCUT2D eigenvalue weighted by Crippen LogP contribution is -2.50. The maximum absolute atomic E-state index is 14.6. The normalized spacial score (nSPS) is 15.6. The van der Waals surface area contributed by atoms with E-state index in [2.05, 4.69) is 10.3 Å². The summed E-state index contributed by atoms with van der Waals surface area (Å²) in [4.78, 5) is 31.8. The molecule has 1 aliphatic heterocycles. The third kappa shape index (κ3) is 4.64. The molecule has 1 amide bonds. The number of benzene rings is 1. The average molecular weight is 452 g/mol. The van der Waals surface area contributed by atoms with Crippen molar-refractivity contribution < 1.29 is 27.5 Å². The summed E-state index contributed by atoms with van der Waals surface area (Å²) in [6.07, 6.45) is 0.686. The zero-order chi connectivity index (χ0) is 23.8. The Labute approximate surface area is 184 Å². The summed E-state index contributed by atoms with van der Waals surface area (Å²) < 4.78 is 48.4. The second kappa shape index (κ2) is 8.93. The molecule has 0 spiro atoms. The summed E-state index contributed by atoms with van der Waals surface area (Å²) in [7, 11) is 3.10. The lowest BCUT2D eigenvalue weighted by atomic mass is 9.86. The van der Waals surface area contributed by atoms with Gasteiger partial charge in [0.15, 0.2) is 17.3 Å². The summed E-state index contributed by atoms with van der Waals surface area (Å²) in [5.41, 5.74) is -0.394. The molecule has 1 atom stereocenters. The molecular weight excluding hydrogens is 425 g/mol. The molecule has 1 aromatic carbocycles. The molecule has 1 unspecified atom stereocenters. The Balaban J connectivity index is 2.12. The van der Waals surface area contributed by atoms with Crippen molar-refractivity contribution >= 4 is 11.9 Å². The highest BCUT2D eigenvalue weighted by atomic mass is 19.2. The van der Waals surface area contributed by atoms with E-state index in [0.717, 1.165) is 12.6 Å². The van der Waals surface area contributed by atoms with E-state index < -0.39 is 40.8 Å². The van der Waals surface area contributed by atoms with E-state index in [0.29, 0.717) is 31.3 Å². The number of nitrogens with one attached hydrogen (secondary N) is 1. The summed E-state index contributed by atoms with van der Waals surface area (Å²) in [6.45, 7) is 6.79. The Morgan fingerprint density at radius 1 is 1.12 bits per heavy atom. The first-order valence-electron chi connectivity index (χ1n) is 10.3. The number of methoxy groups -OCH3 is 1. The molecule has 0 bridgehead atoms. The molecule has 10 heteroatoms. The zero-order valence-electron chi connectivity index (χ0n) is 18.8. The summed E-state index contributed by atoms with van der Waals surface area (Å²) in [5.74, 6) is -4.72. The van der Waals surface area contributed by atoms with Crippen molar-refractivity contribution in [1.82, 2.24) is 19.8 Å². The number of carbonyl (C=O) groups excluding carboxylic acids is 2. The fourth-order valence-electron chi connectivity index (χ4n) is 3.75. The smallest absolute Gasteiger partial charge is 0.328 e. The number of imidazole rings is 1. The van der Waals surface area contributed by atoms with Crippen LogP contribution >= 0.6 is 0 Å². The molecule has 1 aliphatic rings. The molecule has 0 aliphatic carbocycles. The first-order valence-corrected chi connectivity index (χ1v) is 10.3. The third-order valence-electron chi connectivity index (χ3n) is 5.46. The van der Waals surface area contributed by atoms with Crippen LogP contribution in [0.3, 0.4) is 0 Å². The van der Waals surface area contributed by atoms with Gasteiger partial charge in [-0.1, -0.05) is 20.8 Å². The summed E-state index contributed by atoms with van der Waals surface area (Å²) in [5, 5.41) is 2.67. The standard InChI is InChI=1S/C22H27F3N4O3/c1-22(2,3)18(21(31)32-5)27-20(30)17-16-11-28(4)7-6-8-29(16)19(26-17)12-9-14(24)15(25)10-13(12)23/h9-10,18H,6-8,11H2,1-5H3,(H,27,30). The number of carbonyl (C=O) groups is 2. The van der Waals surface area contributed by atoms with E-state index in [1.807, 2.05) is 11.9 Å². The average Bonchev–Trinajstić information content (AvgIpc) is 2.93. The van der Waals surface area contributed by atoms with Crippen LogP contribution in [0.2, 0.25) is 0 Å². The minimum Gasteiger partial charge on any atom is -0.467 e. The molecule has 3 rings (SSSR count). The first kappa shape index (κ1) is 23.8. The van der Waals surface area contributed by atoms with Gasteiger partial charge in [-0.3, -0.25) is 4.79 Å². The number of halogens is 3. The molecule has 7 nitrogen and oxygen atoms in total. The van der Waals surface area contributed by atoms with Gasteiger partial charge in [0.25, 0.3) is 5.91 Å². The van der Waals surface area contributed by atoms with Crippen molar-refractivity contribution in [2.75, 3.05) is 20.7 Å². The Kier molecular flexibility index (Phi) is 6.64. The van der Waals surface area contributed by atoms with Crippen LogP contribution in [0.1, 0.15) is 43.4 Å². The van der Waals surface area contributed by atoms with Crippen molar-refractivity contribution in [3.05, 3.63) is 41.0 Å². The molecule has 2 heterocycles. The zero-order valence-corrected chi connectivity index (χ0v) is 18.8. The number of amides is 1. The Morgan fingerprint density at radius 3 is 2.41 bits per heavy atom. The molecule has 0 saturated carbocycles. The molecule has 32 heavy (non-hydrogen) atoms. The van der Waals surface area contributed by atoms with Crippen LogP contribution in [0, 0.1) is 22.9 Å². The number of rotatable bonds is 4. The maximum atomic E-state index is 14.6. The van der Waals surface area contributed by atoms with Crippen LogP contribution in [-0.2, 0) is 22.6 Å². The van der Waals surface area contributed by atoms with Gasteiger partial charge in [0, 0.05) is 19.2 Å². The summed E-state index contributed by atoms with van der Waals surface area (Å²) >= 11 is 0. The van der Waals surface area contributed by atoms with Crippen molar-refractivity contribution in [2.45, 2.75) is 46.3 Å². The molecule has 0 saturated heterocycles. The maximum Gasteiger partial charge on any atom is 0.328 e. The fraction of sp³-hybridized carbons (Fsp3) is 0.500. The lowest BCUT2D eigenvalue weighted by molar-refractivity contribution is -0.145. The predicted octanol–water partition coefficient (Wildman–Crippen LogP) is 3.12. The molecule has 174 valence electrons. The van der Waals surface area contributed by atoms with Crippen LogP contribution in [-0.4, -0.2) is 53.1 Å². The van der Waals surface area contributed by atoms with Crippen LogP contribution in [0.5, 0.6) is 0 Å². The van der Waals surface area contributed by atoms with E-state index in [4.69, 9.17) is 4.74 Å².